The second kappa shape index (κ2) is 6.22. The van der Waals surface area contributed by atoms with Crippen molar-refractivity contribution in [2.75, 3.05) is 13.1 Å². The molecule has 2 aromatic rings. The smallest absolute Gasteiger partial charge is 0.243 e. The standard InChI is InChI=1S/C16H21N3O2S/c1-13-11-17-18-16(13)10-14-6-5-9-19(12-14)22(20,21)15-7-3-2-4-8-15/h2-4,7-8,11,14H,5-6,9-10,12H2,1H3,(H,17,18)/t14-/m1/s1. The van der Waals surface area contributed by atoms with Crippen molar-refractivity contribution in [1.29, 1.82) is 0 Å². The molecule has 6 heteroatoms. The molecule has 1 aromatic heterocycles. The molecule has 1 aliphatic rings. The maximum Gasteiger partial charge on any atom is 0.243 e. The fourth-order valence-corrected chi connectivity index (χ4v) is 4.60. The number of aromatic nitrogens is 2. The summed E-state index contributed by atoms with van der Waals surface area (Å²) >= 11 is 0. The zero-order valence-corrected chi connectivity index (χ0v) is 13.5. The Bertz CT molecular complexity index is 725. The van der Waals surface area contributed by atoms with Crippen LogP contribution >= 0.6 is 0 Å². The van der Waals surface area contributed by atoms with Crippen LogP contribution in [0.4, 0.5) is 0 Å². The van der Waals surface area contributed by atoms with Gasteiger partial charge in [0.05, 0.1) is 11.1 Å². The lowest BCUT2D eigenvalue weighted by Crippen LogP contribution is -2.40. The first kappa shape index (κ1) is 15.2. The molecule has 0 aliphatic carbocycles. The molecule has 2 heterocycles. The van der Waals surface area contributed by atoms with E-state index in [0.29, 0.717) is 23.9 Å². The first-order valence-electron chi connectivity index (χ1n) is 7.61. The molecule has 22 heavy (non-hydrogen) atoms. The van der Waals surface area contributed by atoms with Crippen LogP contribution in [0.25, 0.3) is 0 Å². The van der Waals surface area contributed by atoms with Crippen molar-refractivity contribution in [3.05, 3.63) is 47.8 Å². The summed E-state index contributed by atoms with van der Waals surface area (Å²) in [6, 6.07) is 8.69. The summed E-state index contributed by atoms with van der Waals surface area (Å²) in [6.07, 6.45) is 4.63. The highest BCUT2D eigenvalue weighted by molar-refractivity contribution is 7.89. The lowest BCUT2D eigenvalue weighted by molar-refractivity contribution is 0.264. The molecule has 0 unspecified atom stereocenters. The molecule has 1 fully saturated rings. The fraction of sp³-hybridized carbons (Fsp3) is 0.438. The summed E-state index contributed by atoms with van der Waals surface area (Å²) < 4.78 is 27.0. The van der Waals surface area contributed by atoms with Crippen LogP contribution in [-0.4, -0.2) is 36.0 Å². The third-order valence-corrected chi connectivity index (χ3v) is 6.17. The summed E-state index contributed by atoms with van der Waals surface area (Å²) in [5, 5.41) is 7.07. The number of nitrogens with one attached hydrogen (secondary N) is 1. The van der Waals surface area contributed by atoms with Crippen molar-refractivity contribution < 1.29 is 8.42 Å². The molecule has 1 atom stereocenters. The summed E-state index contributed by atoms with van der Waals surface area (Å²) in [5.41, 5.74) is 2.26. The number of hydrogen-bond donors (Lipinski definition) is 1. The van der Waals surface area contributed by atoms with E-state index in [0.717, 1.165) is 30.5 Å². The van der Waals surface area contributed by atoms with Gasteiger partial charge in [-0.1, -0.05) is 18.2 Å². The molecule has 0 radical (unpaired) electrons. The summed E-state index contributed by atoms with van der Waals surface area (Å²) in [5.74, 6) is 0.339. The van der Waals surface area contributed by atoms with Gasteiger partial charge in [0.25, 0.3) is 0 Å². The molecule has 0 amide bonds. The second-order valence-corrected chi connectivity index (χ2v) is 7.86. The van der Waals surface area contributed by atoms with Crippen molar-refractivity contribution >= 4 is 10.0 Å². The molecule has 1 aromatic carbocycles. The largest absolute Gasteiger partial charge is 0.282 e. The SMILES string of the molecule is Cc1cn[nH]c1C[C@H]1CCCN(S(=O)(=O)c2ccccc2)C1. The fourth-order valence-electron chi connectivity index (χ4n) is 3.02. The van der Waals surface area contributed by atoms with Crippen LogP contribution in [0.2, 0.25) is 0 Å². The Morgan fingerprint density at radius 2 is 2.09 bits per heavy atom. The van der Waals surface area contributed by atoms with Crippen molar-refractivity contribution in [1.82, 2.24) is 14.5 Å². The third kappa shape index (κ3) is 3.08. The lowest BCUT2D eigenvalue weighted by atomic mass is 9.94. The number of H-pyrrole nitrogens is 1. The van der Waals surface area contributed by atoms with E-state index < -0.39 is 10.0 Å². The summed E-state index contributed by atoms with van der Waals surface area (Å²) in [7, 11) is -3.38. The minimum absolute atomic E-state index is 0.339. The Hall–Kier alpha value is -1.66. The molecule has 1 N–H and O–H groups in total. The topological polar surface area (TPSA) is 66.1 Å². The van der Waals surface area contributed by atoms with Crippen LogP contribution in [0.15, 0.2) is 41.4 Å². The van der Waals surface area contributed by atoms with E-state index in [-0.39, 0.29) is 0 Å². The van der Waals surface area contributed by atoms with Gasteiger partial charge in [0.2, 0.25) is 10.0 Å². The van der Waals surface area contributed by atoms with Gasteiger partial charge in [-0.3, -0.25) is 5.10 Å². The predicted octanol–water partition coefficient (Wildman–Crippen LogP) is 2.36. The molecule has 0 spiro atoms. The second-order valence-electron chi connectivity index (χ2n) is 5.92. The Kier molecular flexibility index (Phi) is 4.31. The Labute approximate surface area is 131 Å². The number of nitrogens with zero attached hydrogens (tertiary/aromatic N) is 2. The molecule has 0 saturated carbocycles. The van der Waals surface area contributed by atoms with Gasteiger partial charge in [0.15, 0.2) is 0 Å². The van der Waals surface area contributed by atoms with E-state index in [1.54, 1.807) is 28.6 Å². The van der Waals surface area contributed by atoms with Crippen LogP contribution in [0.3, 0.4) is 0 Å². The predicted molar refractivity (Wildman–Crippen MR) is 85.0 cm³/mol. The minimum atomic E-state index is -3.38. The maximum absolute atomic E-state index is 12.7. The highest BCUT2D eigenvalue weighted by Crippen LogP contribution is 2.26. The average molecular weight is 319 g/mol. The van der Waals surface area contributed by atoms with E-state index in [1.165, 1.54) is 0 Å². The minimum Gasteiger partial charge on any atom is -0.282 e. The first-order valence-corrected chi connectivity index (χ1v) is 9.05. The van der Waals surface area contributed by atoms with E-state index >= 15 is 0 Å². The zero-order chi connectivity index (χ0) is 15.6. The summed E-state index contributed by atoms with van der Waals surface area (Å²) in [6.45, 7) is 3.21. The van der Waals surface area contributed by atoms with E-state index in [2.05, 4.69) is 10.2 Å². The van der Waals surface area contributed by atoms with Crippen LogP contribution in [-0.2, 0) is 16.4 Å². The van der Waals surface area contributed by atoms with Gasteiger partial charge in [0, 0.05) is 18.8 Å². The normalized spacial score (nSPS) is 20.1. The van der Waals surface area contributed by atoms with Gasteiger partial charge in [-0.25, -0.2) is 8.42 Å². The maximum atomic E-state index is 12.7. The number of aromatic amines is 1. The third-order valence-electron chi connectivity index (χ3n) is 4.29. The van der Waals surface area contributed by atoms with Crippen molar-refractivity contribution in [2.24, 2.45) is 5.92 Å². The molecule has 1 aliphatic heterocycles. The molecule has 5 nitrogen and oxygen atoms in total. The lowest BCUT2D eigenvalue weighted by Gasteiger charge is -2.31. The number of hydrogen-bond acceptors (Lipinski definition) is 3. The van der Waals surface area contributed by atoms with E-state index in [4.69, 9.17) is 0 Å². The molecule has 0 bridgehead atoms. The highest BCUT2D eigenvalue weighted by Gasteiger charge is 2.30. The van der Waals surface area contributed by atoms with Crippen molar-refractivity contribution in [3.63, 3.8) is 0 Å². The Morgan fingerprint density at radius 3 is 2.77 bits per heavy atom. The zero-order valence-electron chi connectivity index (χ0n) is 12.7. The van der Waals surface area contributed by atoms with Crippen LogP contribution in [0, 0.1) is 12.8 Å². The van der Waals surface area contributed by atoms with E-state index in [9.17, 15) is 8.42 Å². The number of aryl methyl sites for hydroxylation is 1. The average Bonchev–Trinajstić information content (AvgIpc) is 2.94. The van der Waals surface area contributed by atoms with Crippen molar-refractivity contribution in [2.45, 2.75) is 31.1 Å². The van der Waals surface area contributed by atoms with Gasteiger partial charge in [0.1, 0.15) is 0 Å². The van der Waals surface area contributed by atoms with Gasteiger partial charge >= 0.3 is 0 Å². The van der Waals surface area contributed by atoms with Crippen molar-refractivity contribution in [3.8, 4) is 0 Å². The molecular formula is C16H21N3O2S. The summed E-state index contributed by atoms with van der Waals surface area (Å²) in [4.78, 5) is 0.383. The first-order chi connectivity index (χ1) is 10.6. The van der Waals surface area contributed by atoms with Crippen LogP contribution in [0.1, 0.15) is 24.1 Å². The molecule has 118 valence electrons. The van der Waals surface area contributed by atoms with Gasteiger partial charge in [-0.2, -0.15) is 9.40 Å². The van der Waals surface area contributed by atoms with Gasteiger partial charge < -0.3 is 0 Å². The number of piperidine rings is 1. The molecular weight excluding hydrogens is 298 g/mol. The number of sulfonamides is 1. The number of benzene rings is 1. The van der Waals surface area contributed by atoms with Gasteiger partial charge in [-0.15, -0.1) is 0 Å². The van der Waals surface area contributed by atoms with Gasteiger partial charge in [-0.05, 0) is 49.8 Å². The Morgan fingerprint density at radius 1 is 1.32 bits per heavy atom. The van der Waals surface area contributed by atoms with Crippen LogP contribution in [0.5, 0.6) is 0 Å². The highest BCUT2D eigenvalue weighted by atomic mass is 32.2. The monoisotopic (exact) mass is 319 g/mol. The molecule has 3 rings (SSSR count). The quantitative estimate of drug-likeness (QED) is 0.941. The van der Waals surface area contributed by atoms with E-state index in [1.807, 2.05) is 19.2 Å². The molecule has 1 saturated heterocycles. The van der Waals surface area contributed by atoms with Crippen LogP contribution < -0.4 is 0 Å². The Balaban J connectivity index is 1.74. The number of rotatable bonds is 4.